The normalized spacial score (nSPS) is 11.3. The molecule has 0 saturated heterocycles. The summed E-state index contributed by atoms with van der Waals surface area (Å²) in [6.07, 6.45) is 7.02. The molecule has 0 unspecified atom stereocenters. The molecular weight excluding hydrogens is 665 g/mol. The minimum Gasteiger partial charge on any atom is -0.505 e. The van der Waals surface area contributed by atoms with Gasteiger partial charge in [-0.3, -0.25) is 9.97 Å². The van der Waals surface area contributed by atoms with Gasteiger partial charge in [-0.05, 0) is 41.3 Å². The van der Waals surface area contributed by atoms with Gasteiger partial charge in [0, 0.05) is 36.1 Å². The lowest BCUT2D eigenvalue weighted by atomic mass is 9.84. The van der Waals surface area contributed by atoms with E-state index in [0.717, 1.165) is 5.56 Å². The molecule has 19 nitrogen and oxygen atoms in total. The van der Waals surface area contributed by atoms with Gasteiger partial charge in [0.15, 0.2) is 0 Å². The van der Waals surface area contributed by atoms with E-state index in [-0.39, 0.29) is 11.2 Å². The predicted octanol–water partition coefficient (Wildman–Crippen LogP) is 1.94. The number of benzene rings is 1. The van der Waals surface area contributed by atoms with E-state index in [2.05, 4.69) is 20.6 Å². The van der Waals surface area contributed by atoms with Gasteiger partial charge < -0.3 is 64.5 Å². The van der Waals surface area contributed by atoms with Crippen LogP contribution in [0.3, 0.4) is 0 Å². The fourth-order valence-electron chi connectivity index (χ4n) is 3.17. The number of hydrogen-bond acceptors (Lipinski definition) is 8. The maximum Gasteiger partial charge on any atom is 0.466 e. The number of nitrogens with one attached hydrogen (secondary N) is 2. The second kappa shape index (κ2) is 18.0. The van der Waals surface area contributed by atoms with Crippen molar-refractivity contribution in [3.8, 4) is 11.5 Å². The summed E-state index contributed by atoms with van der Waals surface area (Å²) < 4.78 is 32.3. The Morgan fingerprint density at radius 2 is 1.31 bits per heavy atom. The van der Waals surface area contributed by atoms with Crippen LogP contribution in [0.1, 0.15) is 37.5 Å². The zero-order valence-corrected chi connectivity index (χ0v) is 26.8. The third-order valence-electron chi connectivity index (χ3n) is 4.68. The number of phenols is 1. The molecule has 1 aromatic carbocycles. The number of phosphoric acid groups is 3. The topological polar surface area (TPSA) is 330 Å². The van der Waals surface area contributed by atoms with Crippen LogP contribution in [0.25, 0.3) is 0 Å². The lowest BCUT2D eigenvalue weighted by molar-refractivity contribution is 0.261. The molecule has 2 heterocycles. The van der Waals surface area contributed by atoms with Crippen molar-refractivity contribution >= 4 is 40.9 Å². The molecule has 0 bridgehead atoms. The number of amides is 2. The first kappa shape index (κ1) is 41.7. The van der Waals surface area contributed by atoms with E-state index in [4.69, 9.17) is 62.5 Å². The third-order valence-corrected chi connectivity index (χ3v) is 4.68. The van der Waals surface area contributed by atoms with E-state index in [1.807, 2.05) is 39.0 Å². The summed E-state index contributed by atoms with van der Waals surface area (Å²) in [5.74, 6) is 0.611. The highest BCUT2D eigenvalue weighted by Crippen LogP contribution is 2.44. The number of nitrogens with zero attached hydrogens (tertiary/aromatic N) is 2. The largest absolute Gasteiger partial charge is 0.505 e. The first-order valence-corrected chi connectivity index (χ1v) is 16.6. The zero-order valence-electron chi connectivity index (χ0n) is 24.2. The highest BCUT2D eigenvalue weighted by molar-refractivity contribution is 7.45. The summed E-state index contributed by atoms with van der Waals surface area (Å²) in [6.45, 7) is 5.97. The summed E-state index contributed by atoms with van der Waals surface area (Å²) in [4.78, 5) is 85.4. The highest BCUT2D eigenvalue weighted by Gasteiger charge is 2.26. The number of methoxy groups -OCH3 is 1. The number of aromatic hydroxyl groups is 1. The molecule has 2 amide bonds. The average Bonchev–Trinajstić information content (AvgIpc) is 2.84. The molecule has 0 spiro atoms. The van der Waals surface area contributed by atoms with E-state index in [0.29, 0.717) is 34.7 Å². The molecule has 45 heavy (non-hydrogen) atoms. The van der Waals surface area contributed by atoms with Gasteiger partial charge in [0.2, 0.25) is 0 Å². The van der Waals surface area contributed by atoms with Crippen molar-refractivity contribution < 1.29 is 72.4 Å². The first-order valence-electron chi connectivity index (χ1n) is 11.9. The molecule has 252 valence electrons. The number of phenolic OH excluding ortho intramolecular Hbond substituents is 1. The number of ether oxygens (including phenoxy) is 1. The Labute approximate surface area is 257 Å². The molecule has 0 aliphatic heterocycles. The molecule has 0 fully saturated rings. The van der Waals surface area contributed by atoms with Gasteiger partial charge in [-0.2, -0.15) is 0 Å². The van der Waals surface area contributed by atoms with E-state index in [1.165, 1.54) is 0 Å². The van der Waals surface area contributed by atoms with Crippen LogP contribution >= 0.6 is 23.5 Å². The molecule has 2 aromatic heterocycles. The molecular formula is C23H35N4O15P3. The second-order valence-corrected chi connectivity index (χ2v) is 12.6. The minimum absolute atomic E-state index is 0.0219. The van der Waals surface area contributed by atoms with Crippen LogP contribution in [-0.4, -0.2) is 72.3 Å². The lowest BCUT2D eigenvalue weighted by Crippen LogP contribution is -2.22. The van der Waals surface area contributed by atoms with Crippen molar-refractivity contribution in [3.05, 3.63) is 71.8 Å². The summed E-state index contributed by atoms with van der Waals surface area (Å²) in [5.41, 5.74) is 2.83. The zero-order chi connectivity index (χ0) is 35.2. The van der Waals surface area contributed by atoms with Gasteiger partial charge in [0.25, 0.3) is 0 Å². The van der Waals surface area contributed by atoms with E-state index < -0.39 is 29.5 Å². The summed E-state index contributed by atoms with van der Waals surface area (Å²) in [7, 11) is -12.3. The van der Waals surface area contributed by atoms with Crippen LogP contribution in [-0.2, 0) is 25.5 Å². The Hall–Kier alpha value is -3.28. The van der Waals surface area contributed by atoms with Gasteiger partial charge in [-0.15, -0.1) is 0 Å². The Morgan fingerprint density at radius 3 is 1.71 bits per heavy atom. The predicted molar refractivity (Wildman–Crippen MR) is 160 cm³/mol. The van der Waals surface area contributed by atoms with Crippen molar-refractivity contribution in [2.24, 2.45) is 0 Å². The summed E-state index contributed by atoms with van der Waals surface area (Å²) in [6, 6.07) is 8.57. The maximum absolute atomic E-state index is 12.7. The van der Waals surface area contributed by atoms with Crippen LogP contribution in [0, 0.1) is 0 Å². The smallest absolute Gasteiger partial charge is 0.466 e. The Kier molecular flexibility index (Phi) is 16.7. The molecule has 0 aliphatic rings. The van der Waals surface area contributed by atoms with Crippen LogP contribution in [0.4, 0.5) is 16.2 Å². The maximum atomic E-state index is 12.7. The molecule has 3 rings (SSSR count). The molecule has 3 aromatic rings. The highest BCUT2D eigenvalue weighted by atomic mass is 31.2. The van der Waals surface area contributed by atoms with Crippen LogP contribution in [0.2, 0.25) is 0 Å². The molecule has 0 saturated carbocycles. The summed E-state index contributed by atoms with van der Waals surface area (Å²) >= 11 is 0. The van der Waals surface area contributed by atoms with E-state index >= 15 is 0 Å². The Morgan fingerprint density at radius 1 is 0.822 bits per heavy atom. The molecule has 0 atom stereocenters. The van der Waals surface area contributed by atoms with Crippen molar-refractivity contribution in [1.82, 2.24) is 9.97 Å². The van der Waals surface area contributed by atoms with Crippen molar-refractivity contribution in [2.75, 3.05) is 17.7 Å². The van der Waals surface area contributed by atoms with Gasteiger partial charge >= 0.3 is 29.5 Å². The van der Waals surface area contributed by atoms with Crippen molar-refractivity contribution in [3.63, 3.8) is 0 Å². The van der Waals surface area contributed by atoms with Crippen molar-refractivity contribution in [2.45, 2.75) is 32.6 Å². The monoisotopic (exact) mass is 700 g/mol. The quantitative estimate of drug-likeness (QED) is 0.134. The van der Waals surface area contributed by atoms with Gasteiger partial charge in [0.1, 0.15) is 11.5 Å². The first-order chi connectivity index (χ1) is 20.3. The second-order valence-electron chi connectivity index (χ2n) is 9.47. The number of rotatable bonds is 5. The van der Waals surface area contributed by atoms with Gasteiger partial charge in [0.05, 0.1) is 24.7 Å². The van der Waals surface area contributed by atoms with E-state index in [9.17, 15) is 9.90 Å². The van der Waals surface area contributed by atoms with E-state index in [1.54, 1.807) is 44.0 Å². The fraction of sp³-hybridized carbons (Fsp3) is 0.261. The number of hydrogen-bond donors (Lipinski definition) is 12. The third kappa shape index (κ3) is 22.0. The number of carbonyl (C=O) groups excluding carboxylic acids is 1. The number of urea groups is 1. The molecule has 0 aliphatic carbocycles. The number of aromatic nitrogens is 2. The number of carbonyl (C=O) groups is 1. The van der Waals surface area contributed by atoms with Gasteiger partial charge in [-0.25, -0.2) is 18.5 Å². The summed E-state index contributed by atoms with van der Waals surface area (Å²) in [5, 5.41) is 16.6. The lowest BCUT2D eigenvalue weighted by Gasteiger charge is -2.26. The van der Waals surface area contributed by atoms with Crippen LogP contribution in [0.5, 0.6) is 11.5 Å². The van der Waals surface area contributed by atoms with Crippen molar-refractivity contribution in [1.29, 1.82) is 0 Å². The van der Waals surface area contributed by atoms with Crippen LogP contribution < -0.4 is 15.4 Å². The Bertz CT molecular complexity index is 1430. The SMILES string of the molecule is COc1cc(C(C)(C)C)c(O)c(NC(=O)Nc2cccnc2)c1Cc1ccncc1.O=P(O)(O)O.O=P(O)(O)O.O=P(O)(O)O. The number of anilines is 2. The standard InChI is InChI=1S/C23H26N4O3.3H3O4P/c1-23(2,3)18-13-19(30-4)17(12-15-7-10-24-11-8-15)20(21(18)28)27-22(29)26-16-6-5-9-25-14-16;3*1-5(2,3)4/h5-11,13-14,28H,12H2,1-4H3,(H2,26,27,29);3*(H3,1,2,3,4). The molecule has 22 heteroatoms. The van der Waals surface area contributed by atoms with Gasteiger partial charge in [-0.1, -0.05) is 20.8 Å². The number of pyridine rings is 2. The minimum atomic E-state index is -4.64. The Balaban J connectivity index is 0.00000107. The fourth-order valence-corrected chi connectivity index (χ4v) is 3.17. The molecule has 0 radical (unpaired) electrons. The molecule has 12 N–H and O–H groups in total. The van der Waals surface area contributed by atoms with Crippen LogP contribution in [0.15, 0.2) is 55.1 Å². The average molecular weight is 700 g/mol.